The van der Waals surface area contributed by atoms with Crippen LogP contribution in [-0.2, 0) is 6.42 Å². The Bertz CT molecular complexity index is 641. The van der Waals surface area contributed by atoms with E-state index in [0.29, 0.717) is 6.04 Å². The topological polar surface area (TPSA) is 30.5 Å². The van der Waals surface area contributed by atoms with Crippen molar-refractivity contribution < 1.29 is 9.47 Å². The Balaban J connectivity index is 1.87. The molecule has 1 unspecified atom stereocenters. The molecule has 3 nitrogen and oxygen atoms in total. The van der Waals surface area contributed by atoms with Gasteiger partial charge >= 0.3 is 0 Å². The predicted octanol–water partition coefficient (Wildman–Crippen LogP) is 4.86. The maximum Gasteiger partial charge on any atom is 0.145 e. The van der Waals surface area contributed by atoms with Gasteiger partial charge in [-0.3, -0.25) is 0 Å². The lowest BCUT2D eigenvalue weighted by Crippen LogP contribution is -2.16. The fraction of sp³-hybridized carbons (Fsp3) is 0.375. The van der Waals surface area contributed by atoms with Crippen LogP contribution in [0.4, 0.5) is 5.69 Å². The Morgan fingerprint density at radius 1 is 1.24 bits per heavy atom. The maximum atomic E-state index is 5.48. The van der Waals surface area contributed by atoms with E-state index >= 15 is 0 Å². The molecule has 0 amide bonds. The molecule has 1 N–H and O–H groups in total. The van der Waals surface area contributed by atoms with Crippen molar-refractivity contribution in [3.8, 4) is 11.5 Å². The van der Waals surface area contributed by atoms with E-state index < -0.39 is 0 Å². The van der Waals surface area contributed by atoms with Gasteiger partial charge in [0.2, 0.25) is 0 Å². The standard InChI is InChI=1S/C16H18INO2S/c1-19-10-6-7-13(14(8-10)20-2)18-12-4-3-5-15-11(12)9-16(17)21-15/h6-9,12,18H,3-5H2,1-2H3. The number of hydrogen-bond acceptors (Lipinski definition) is 4. The van der Waals surface area contributed by atoms with Gasteiger partial charge in [0, 0.05) is 10.9 Å². The van der Waals surface area contributed by atoms with Crippen LogP contribution in [-0.4, -0.2) is 14.2 Å². The Hall–Kier alpha value is -0.950. The second-order valence-corrected chi connectivity index (χ2v) is 8.12. The minimum atomic E-state index is 0.371. The largest absolute Gasteiger partial charge is 0.497 e. The maximum absolute atomic E-state index is 5.48. The van der Waals surface area contributed by atoms with Crippen molar-refractivity contribution in [2.75, 3.05) is 19.5 Å². The van der Waals surface area contributed by atoms with Crippen LogP contribution in [0.25, 0.3) is 0 Å². The lowest BCUT2D eigenvalue weighted by atomic mass is 9.94. The van der Waals surface area contributed by atoms with Crippen LogP contribution in [0.3, 0.4) is 0 Å². The highest BCUT2D eigenvalue weighted by Crippen LogP contribution is 2.40. The zero-order valence-corrected chi connectivity index (χ0v) is 15.1. The molecule has 0 saturated carbocycles. The molecule has 0 fully saturated rings. The fourth-order valence-corrected chi connectivity index (χ4v) is 4.90. The first-order chi connectivity index (χ1) is 10.2. The number of rotatable bonds is 4. The number of halogens is 1. The summed E-state index contributed by atoms with van der Waals surface area (Å²) in [4.78, 5) is 1.52. The first-order valence-corrected chi connectivity index (χ1v) is 8.87. The summed E-state index contributed by atoms with van der Waals surface area (Å²) >= 11 is 4.33. The number of methoxy groups -OCH3 is 2. The molecular weight excluding hydrogens is 397 g/mol. The van der Waals surface area contributed by atoms with Gasteiger partial charge in [0.15, 0.2) is 0 Å². The van der Waals surface area contributed by atoms with Gasteiger partial charge in [-0.15, -0.1) is 11.3 Å². The number of ether oxygens (including phenoxy) is 2. The summed E-state index contributed by atoms with van der Waals surface area (Å²) in [5.74, 6) is 1.64. The number of aryl methyl sites for hydroxylation is 1. The molecule has 5 heteroatoms. The highest BCUT2D eigenvalue weighted by atomic mass is 127. The third-order valence-corrected chi connectivity index (χ3v) is 5.79. The second kappa shape index (κ2) is 6.44. The average Bonchev–Trinajstić information content (AvgIpc) is 2.89. The van der Waals surface area contributed by atoms with E-state index in [1.54, 1.807) is 14.2 Å². The SMILES string of the molecule is COc1ccc(NC2CCCc3sc(I)cc32)c(OC)c1. The first-order valence-electron chi connectivity index (χ1n) is 6.98. The van der Waals surface area contributed by atoms with Gasteiger partial charge in [0.1, 0.15) is 11.5 Å². The van der Waals surface area contributed by atoms with Gasteiger partial charge in [-0.2, -0.15) is 0 Å². The molecular formula is C16H18INO2S. The van der Waals surface area contributed by atoms with Gasteiger partial charge in [0.25, 0.3) is 0 Å². The van der Waals surface area contributed by atoms with E-state index in [-0.39, 0.29) is 0 Å². The summed E-state index contributed by atoms with van der Waals surface area (Å²) in [6, 6.07) is 8.60. The van der Waals surface area contributed by atoms with Crippen LogP contribution in [0.15, 0.2) is 24.3 Å². The quantitative estimate of drug-likeness (QED) is 0.724. The van der Waals surface area contributed by atoms with Gasteiger partial charge in [-0.05, 0) is 65.6 Å². The van der Waals surface area contributed by atoms with Crippen molar-refractivity contribution in [1.29, 1.82) is 0 Å². The summed E-state index contributed by atoms with van der Waals surface area (Å²) < 4.78 is 12.1. The number of nitrogens with one attached hydrogen (secondary N) is 1. The molecule has 21 heavy (non-hydrogen) atoms. The minimum absolute atomic E-state index is 0.371. The van der Waals surface area contributed by atoms with Crippen molar-refractivity contribution in [2.24, 2.45) is 0 Å². The number of fused-ring (bicyclic) bond motifs is 1. The lowest BCUT2D eigenvalue weighted by Gasteiger charge is -2.25. The number of benzene rings is 1. The molecule has 0 bridgehead atoms. The first kappa shape index (κ1) is 15.0. The van der Waals surface area contributed by atoms with Gasteiger partial charge < -0.3 is 14.8 Å². The van der Waals surface area contributed by atoms with E-state index in [2.05, 4.69) is 34.0 Å². The molecule has 1 aliphatic rings. The summed E-state index contributed by atoms with van der Waals surface area (Å²) in [5, 5.41) is 3.64. The molecule has 1 atom stereocenters. The summed E-state index contributed by atoms with van der Waals surface area (Å²) in [6.45, 7) is 0. The van der Waals surface area contributed by atoms with Crippen molar-refractivity contribution in [3.05, 3.63) is 37.6 Å². The number of thiophene rings is 1. The summed E-state index contributed by atoms with van der Waals surface area (Å²) in [7, 11) is 3.36. The zero-order chi connectivity index (χ0) is 14.8. The van der Waals surface area contributed by atoms with Crippen molar-refractivity contribution in [2.45, 2.75) is 25.3 Å². The van der Waals surface area contributed by atoms with Crippen molar-refractivity contribution in [1.82, 2.24) is 0 Å². The molecule has 0 saturated heterocycles. The Morgan fingerprint density at radius 3 is 2.86 bits per heavy atom. The van der Waals surface area contributed by atoms with Gasteiger partial charge in [-0.25, -0.2) is 0 Å². The van der Waals surface area contributed by atoms with Gasteiger partial charge in [-0.1, -0.05) is 0 Å². The fourth-order valence-electron chi connectivity index (χ4n) is 2.78. The van der Waals surface area contributed by atoms with Crippen molar-refractivity contribution >= 4 is 39.6 Å². The number of anilines is 1. The molecule has 112 valence electrons. The predicted molar refractivity (Wildman–Crippen MR) is 95.9 cm³/mol. The third kappa shape index (κ3) is 3.13. The molecule has 2 aromatic rings. The Kier molecular flexibility index (Phi) is 4.59. The molecule has 3 rings (SSSR count). The summed E-state index contributed by atoms with van der Waals surface area (Å²) in [5.41, 5.74) is 2.48. The van der Waals surface area contributed by atoms with E-state index in [9.17, 15) is 0 Å². The second-order valence-electron chi connectivity index (χ2n) is 5.08. The van der Waals surface area contributed by atoms with E-state index in [1.807, 2.05) is 29.5 Å². The monoisotopic (exact) mass is 415 g/mol. The van der Waals surface area contributed by atoms with E-state index in [0.717, 1.165) is 23.6 Å². The molecule has 1 aromatic carbocycles. The highest BCUT2D eigenvalue weighted by Gasteiger charge is 2.23. The Morgan fingerprint density at radius 2 is 2.10 bits per heavy atom. The summed E-state index contributed by atoms with van der Waals surface area (Å²) in [6.07, 6.45) is 3.61. The van der Waals surface area contributed by atoms with Crippen LogP contribution in [0, 0.1) is 2.88 Å². The molecule has 1 heterocycles. The molecule has 0 spiro atoms. The van der Waals surface area contributed by atoms with Crippen LogP contribution < -0.4 is 14.8 Å². The lowest BCUT2D eigenvalue weighted by molar-refractivity contribution is 0.395. The minimum Gasteiger partial charge on any atom is -0.497 e. The molecule has 0 aliphatic heterocycles. The van der Waals surface area contributed by atoms with Crippen molar-refractivity contribution in [3.63, 3.8) is 0 Å². The van der Waals surface area contributed by atoms with Gasteiger partial charge in [0.05, 0.1) is 28.8 Å². The molecule has 1 aromatic heterocycles. The third-order valence-electron chi connectivity index (χ3n) is 3.82. The number of hydrogen-bond donors (Lipinski definition) is 1. The molecule has 0 radical (unpaired) electrons. The zero-order valence-electron chi connectivity index (χ0n) is 12.1. The van der Waals surface area contributed by atoms with Crippen LogP contribution in [0.2, 0.25) is 0 Å². The van der Waals surface area contributed by atoms with Crippen LogP contribution in [0.1, 0.15) is 29.3 Å². The van der Waals surface area contributed by atoms with E-state index in [4.69, 9.17) is 9.47 Å². The average molecular weight is 415 g/mol. The smallest absolute Gasteiger partial charge is 0.145 e. The van der Waals surface area contributed by atoms with E-state index in [1.165, 1.54) is 26.2 Å². The van der Waals surface area contributed by atoms with Crippen LogP contribution in [0.5, 0.6) is 11.5 Å². The normalized spacial score (nSPS) is 17.2. The molecule has 1 aliphatic carbocycles. The highest BCUT2D eigenvalue weighted by molar-refractivity contribution is 14.1. The van der Waals surface area contributed by atoms with Crippen LogP contribution >= 0.6 is 33.9 Å². The Labute approximate surface area is 142 Å².